The summed E-state index contributed by atoms with van der Waals surface area (Å²) < 4.78 is 44.4. The van der Waals surface area contributed by atoms with Crippen molar-refractivity contribution >= 4 is 5.96 Å². The second-order valence-corrected chi connectivity index (χ2v) is 6.96. The van der Waals surface area contributed by atoms with Crippen molar-refractivity contribution < 1.29 is 17.9 Å². The molecule has 28 heavy (non-hydrogen) atoms. The van der Waals surface area contributed by atoms with Gasteiger partial charge in [-0.3, -0.25) is 9.89 Å². The molecule has 1 aliphatic rings. The second-order valence-electron chi connectivity index (χ2n) is 6.96. The fourth-order valence-electron chi connectivity index (χ4n) is 3.23. The number of aliphatic imine (C=N–C) groups is 1. The molecule has 0 aliphatic carbocycles. The van der Waals surface area contributed by atoms with Gasteiger partial charge in [0.2, 0.25) is 0 Å². The lowest BCUT2D eigenvalue weighted by Crippen LogP contribution is -2.56. The standard InChI is InChI=1S/C20H31F3N4O/c1-4-13-28-15-18-8-6-5-7-17(18)14-25-19(24-3)27-11-9-26(10-12-27)16(2)20(21,22)23/h5-8,16H,4,9-15H2,1-3H3,(H,24,25). The molecular weight excluding hydrogens is 369 g/mol. The van der Waals surface area contributed by atoms with Crippen LogP contribution in [0.25, 0.3) is 0 Å². The maximum Gasteiger partial charge on any atom is 0.403 e. The molecule has 0 radical (unpaired) electrons. The summed E-state index contributed by atoms with van der Waals surface area (Å²) in [6.07, 6.45) is -3.21. The molecule has 1 aromatic carbocycles. The summed E-state index contributed by atoms with van der Waals surface area (Å²) in [4.78, 5) is 7.80. The van der Waals surface area contributed by atoms with Crippen LogP contribution in [0.4, 0.5) is 13.2 Å². The van der Waals surface area contributed by atoms with Gasteiger partial charge in [0.05, 0.1) is 6.61 Å². The first-order valence-corrected chi connectivity index (χ1v) is 9.77. The number of guanidine groups is 1. The number of piperazine rings is 1. The maximum absolute atomic E-state index is 12.9. The van der Waals surface area contributed by atoms with Crippen molar-refractivity contribution in [3.63, 3.8) is 0 Å². The third-order valence-corrected chi connectivity index (χ3v) is 5.01. The van der Waals surface area contributed by atoms with E-state index >= 15 is 0 Å². The van der Waals surface area contributed by atoms with Gasteiger partial charge in [-0.1, -0.05) is 31.2 Å². The van der Waals surface area contributed by atoms with E-state index in [1.54, 1.807) is 7.05 Å². The van der Waals surface area contributed by atoms with E-state index in [-0.39, 0.29) is 0 Å². The number of rotatable bonds is 7. The van der Waals surface area contributed by atoms with Crippen LogP contribution in [0.1, 0.15) is 31.4 Å². The highest BCUT2D eigenvalue weighted by Crippen LogP contribution is 2.25. The van der Waals surface area contributed by atoms with E-state index in [0.29, 0.717) is 45.3 Å². The molecule has 1 aliphatic heterocycles. The largest absolute Gasteiger partial charge is 0.403 e. The average Bonchev–Trinajstić information content (AvgIpc) is 2.69. The Balaban J connectivity index is 1.89. The number of hydrogen-bond donors (Lipinski definition) is 1. The van der Waals surface area contributed by atoms with Gasteiger partial charge in [0.1, 0.15) is 6.04 Å². The van der Waals surface area contributed by atoms with Crippen LogP contribution in [-0.2, 0) is 17.9 Å². The molecule has 1 saturated heterocycles. The zero-order valence-corrected chi connectivity index (χ0v) is 16.9. The van der Waals surface area contributed by atoms with E-state index in [0.717, 1.165) is 24.2 Å². The number of nitrogens with one attached hydrogen (secondary N) is 1. The van der Waals surface area contributed by atoms with Crippen molar-refractivity contribution in [3.8, 4) is 0 Å². The first kappa shape index (κ1) is 22.5. The molecular formula is C20H31F3N4O. The Hall–Kier alpha value is -1.80. The summed E-state index contributed by atoms with van der Waals surface area (Å²) >= 11 is 0. The van der Waals surface area contributed by atoms with E-state index < -0.39 is 12.2 Å². The summed E-state index contributed by atoms with van der Waals surface area (Å²) in [6, 6.07) is 6.66. The minimum absolute atomic E-state index is 0.364. The van der Waals surface area contributed by atoms with Crippen LogP contribution in [-0.4, -0.2) is 67.8 Å². The number of benzene rings is 1. The third kappa shape index (κ3) is 6.38. The van der Waals surface area contributed by atoms with Crippen molar-refractivity contribution in [2.24, 2.45) is 4.99 Å². The Morgan fingerprint density at radius 1 is 1.18 bits per heavy atom. The zero-order valence-electron chi connectivity index (χ0n) is 16.9. The summed E-state index contributed by atoms with van der Waals surface area (Å²) in [6.45, 7) is 6.95. The van der Waals surface area contributed by atoms with E-state index in [1.165, 1.54) is 11.8 Å². The molecule has 1 fully saturated rings. The van der Waals surface area contributed by atoms with Crippen LogP contribution < -0.4 is 5.32 Å². The van der Waals surface area contributed by atoms with Crippen LogP contribution >= 0.6 is 0 Å². The molecule has 0 aromatic heterocycles. The van der Waals surface area contributed by atoms with Crippen molar-refractivity contribution in [1.82, 2.24) is 15.1 Å². The van der Waals surface area contributed by atoms with Crippen LogP contribution in [0.3, 0.4) is 0 Å². The SMILES string of the molecule is CCCOCc1ccccc1CNC(=NC)N1CCN(C(C)C(F)(F)F)CC1. The minimum Gasteiger partial charge on any atom is -0.377 e. The Labute approximate surface area is 165 Å². The maximum atomic E-state index is 12.9. The summed E-state index contributed by atoms with van der Waals surface area (Å²) in [5, 5.41) is 3.34. The molecule has 0 bridgehead atoms. The zero-order chi connectivity index (χ0) is 20.6. The number of halogens is 3. The monoisotopic (exact) mass is 400 g/mol. The van der Waals surface area contributed by atoms with Crippen LogP contribution in [0.2, 0.25) is 0 Å². The normalized spacial score (nSPS) is 17.6. The lowest BCUT2D eigenvalue weighted by Gasteiger charge is -2.39. The van der Waals surface area contributed by atoms with Gasteiger partial charge in [-0.15, -0.1) is 0 Å². The molecule has 1 unspecified atom stereocenters. The molecule has 0 amide bonds. The van der Waals surface area contributed by atoms with Gasteiger partial charge in [0.15, 0.2) is 5.96 Å². The number of hydrogen-bond acceptors (Lipinski definition) is 3. The molecule has 0 saturated carbocycles. The molecule has 8 heteroatoms. The third-order valence-electron chi connectivity index (χ3n) is 5.01. The highest BCUT2D eigenvalue weighted by atomic mass is 19.4. The van der Waals surface area contributed by atoms with Gasteiger partial charge in [-0.25, -0.2) is 0 Å². The summed E-state index contributed by atoms with van der Waals surface area (Å²) in [5.41, 5.74) is 2.26. The first-order valence-electron chi connectivity index (χ1n) is 9.77. The number of alkyl halides is 3. The fraction of sp³-hybridized carbons (Fsp3) is 0.650. The van der Waals surface area contributed by atoms with Crippen molar-refractivity contribution in [2.45, 2.75) is 45.6 Å². The van der Waals surface area contributed by atoms with Crippen LogP contribution in [0, 0.1) is 0 Å². The van der Waals surface area contributed by atoms with Crippen molar-refractivity contribution in [3.05, 3.63) is 35.4 Å². The Morgan fingerprint density at radius 2 is 1.82 bits per heavy atom. The van der Waals surface area contributed by atoms with Gasteiger partial charge < -0.3 is 15.0 Å². The topological polar surface area (TPSA) is 40.1 Å². The van der Waals surface area contributed by atoms with E-state index in [4.69, 9.17) is 4.74 Å². The van der Waals surface area contributed by atoms with Gasteiger partial charge in [0, 0.05) is 46.4 Å². The van der Waals surface area contributed by atoms with Gasteiger partial charge in [-0.2, -0.15) is 13.2 Å². The minimum atomic E-state index is -4.19. The Bertz CT molecular complexity index is 628. The predicted octanol–water partition coefficient (Wildman–Crippen LogP) is 3.26. The lowest BCUT2D eigenvalue weighted by molar-refractivity contribution is -0.181. The van der Waals surface area contributed by atoms with Crippen molar-refractivity contribution in [1.29, 1.82) is 0 Å². The highest BCUT2D eigenvalue weighted by molar-refractivity contribution is 5.80. The molecule has 158 valence electrons. The van der Waals surface area contributed by atoms with Crippen LogP contribution in [0.5, 0.6) is 0 Å². The molecule has 0 spiro atoms. The van der Waals surface area contributed by atoms with Gasteiger partial charge >= 0.3 is 6.18 Å². The van der Waals surface area contributed by atoms with Crippen molar-refractivity contribution in [2.75, 3.05) is 39.8 Å². The summed E-state index contributed by atoms with van der Waals surface area (Å²) in [5.74, 6) is 0.712. The molecule has 1 heterocycles. The molecule has 2 rings (SSSR count). The molecule has 1 atom stereocenters. The predicted molar refractivity (Wildman–Crippen MR) is 105 cm³/mol. The average molecular weight is 400 g/mol. The lowest BCUT2D eigenvalue weighted by atomic mass is 10.1. The quantitative estimate of drug-likeness (QED) is 0.433. The van der Waals surface area contributed by atoms with Crippen LogP contribution in [0.15, 0.2) is 29.3 Å². The second kappa shape index (κ2) is 10.7. The Morgan fingerprint density at radius 3 is 2.39 bits per heavy atom. The van der Waals surface area contributed by atoms with E-state index in [9.17, 15) is 13.2 Å². The number of nitrogens with zero attached hydrogens (tertiary/aromatic N) is 3. The fourth-order valence-corrected chi connectivity index (χ4v) is 3.23. The highest BCUT2D eigenvalue weighted by Gasteiger charge is 2.41. The molecule has 1 aromatic rings. The number of ether oxygens (including phenoxy) is 1. The Kier molecular flexibility index (Phi) is 8.57. The molecule has 1 N–H and O–H groups in total. The molecule has 5 nitrogen and oxygen atoms in total. The summed E-state index contributed by atoms with van der Waals surface area (Å²) in [7, 11) is 1.70. The van der Waals surface area contributed by atoms with E-state index in [2.05, 4.69) is 17.2 Å². The smallest absolute Gasteiger partial charge is 0.377 e. The first-order chi connectivity index (χ1) is 13.4. The van der Waals surface area contributed by atoms with Gasteiger partial charge in [0.25, 0.3) is 0 Å². The van der Waals surface area contributed by atoms with E-state index in [1.807, 2.05) is 29.2 Å². The van der Waals surface area contributed by atoms with Gasteiger partial charge in [-0.05, 0) is 24.5 Å².